The smallest absolute Gasteiger partial charge is 0.296 e. The number of benzene rings is 1. The summed E-state index contributed by atoms with van der Waals surface area (Å²) in [6.45, 7) is 1.88. The number of tetrazole rings is 1. The molecule has 0 aliphatic heterocycles. The van der Waals surface area contributed by atoms with Gasteiger partial charge in [0.15, 0.2) is 11.4 Å². The van der Waals surface area contributed by atoms with Crippen molar-refractivity contribution in [2.75, 3.05) is 11.1 Å². The zero-order chi connectivity index (χ0) is 12.5. The Morgan fingerprint density at radius 3 is 3.06 bits per heavy atom. The van der Waals surface area contributed by atoms with Crippen LogP contribution in [-0.2, 0) is 0 Å². The number of nitrogens with zero attached hydrogens (tertiary/aromatic N) is 4. The first-order chi connectivity index (χ1) is 8.74. The van der Waals surface area contributed by atoms with Crippen LogP contribution < -0.4 is 11.1 Å². The van der Waals surface area contributed by atoms with E-state index in [0.29, 0.717) is 28.6 Å². The molecule has 0 aliphatic rings. The standard InChI is InChI=1S/C10H11N7O/c1-5(9-14-16-17-15-9)12-10-13-8-6(11)3-2-4-7(8)18-10/h2-5H,11H2,1H3,(H,12,13)(H,14,15,16,17). The summed E-state index contributed by atoms with van der Waals surface area (Å²) in [6, 6.07) is 5.60. The normalized spacial score (nSPS) is 12.7. The van der Waals surface area contributed by atoms with Gasteiger partial charge in [0.05, 0.1) is 11.7 Å². The molecule has 1 unspecified atom stereocenters. The fourth-order valence-electron chi connectivity index (χ4n) is 1.63. The molecule has 0 spiro atoms. The van der Waals surface area contributed by atoms with E-state index < -0.39 is 0 Å². The van der Waals surface area contributed by atoms with Crippen molar-refractivity contribution in [3.63, 3.8) is 0 Å². The number of hydrogen-bond acceptors (Lipinski definition) is 7. The van der Waals surface area contributed by atoms with Crippen molar-refractivity contribution in [1.29, 1.82) is 0 Å². The van der Waals surface area contributed by atoms with Crippen molar-refractivity contribution in [1.82, 2.24) is 25.6 Å². The molecule has 8 heteroatoms. The highest BCUT2D eigenvalue weighted by atomic mass is 16.4. The average Bonchev–Trinajstić information content (AvgIpc) is 2.97. The summed E-state index contributed by atoms with van der Waals surface area (Å²) in [4.78, 5) is 4.27. The molecule has 2 aromatic heterocycles. The lowest BCUT2D eigenvalue weighted by Crippen LogP contribution is -2.08. The zero-order valence-corrected chi connectivity index (χ0v) is 9.58. The largest absolute Gasteiger partial charge is 0.423 e. The lowest BCUT2D eigenvalue weighted by molar-refractivity contribution is 0.599. The van der Waals surface area contributed by atoms with Crippen molar-refractivity contribution < 1.29 is 4.42 Å². The number of nitrogens with two attached hydrogens (primary N) is 1. The number of oxazole rings is 1. The van der Waals surface area contributed by atoms with Crippen LogP contribution in [-0.4, -0.2) is 25.6 Å². The Labute approximate surface area is 102 Å². The van der Waals surface area contributed by atoms with E-state index in [1.54, 1.807) is 6.07 Å². The topological polar surface area (TPSA) is 119 Å². The van der Waals surface area contributed by atoms with Crippen LogP contribution in [0.4, 0.5) is 11.7 Å². The Morgan fingerprint density at radius 2 is 2.33 bits per heavy atom. The van der Waals surface area contributed by atoms with E-state index in [0.717, 1.165) is 0 Å². The summed E-state index contributed by atoms with van der Waals surface area (Å²) in [5.74, 6) is 0.533. The summed E-state index contributed by atoms with van der Waals surface area (Å²) in [5, 5.41) is 16.7. The number of rotatable bonds is 3. The molecule has 0 aliphatic carbocycles. The Morgan fingerprint density at radius 1 is 1.44 bits per heavy atom. The quantitative estimate of drug-likeness (QED) is 0.591. The van der Waals surface area contributed by atoms with Crippen LogP contribution in [0.3, 0.4) is 0 Å². The van der Waals surface area contributed by atoms with Gasteiger partial charge in [-0.15, -0.1) is 10.2 Å². The molecule has 18 heavy (non-hydrogen) atoms. The van der Waals surface area contributed by atoms with Crippen LogP contribution in [0.5, 0.6) is 0 Å². The predicted molar refractivity (Wildman–Crippen MR) is 64.6 cm³/mol. The van der Waals surface area contributed by atoms with E-state index in [-0.39, 0.29) is 6.04 Å². The SMILES string of the molecule is CC(Nc1nc2c(N)cccc2o1)c1nn[nH]n1. The maximum atomic E-state index is 5.80. The molecular weight excluding hydrogens is 234 g/mol. The van der Waals surface area contributed by atoms with E-state index >= 15 is 0 Å². The molecule has 0 bridgehead atoms. The first-order valence-corrected chi connectivity index (χ1v) is 5.39. The number of hydrogen-bond donors (Lipinski definition) is 3. The molecule has 3 rings (SSSR count). The number of para-hydroxylation sites is 1. The van der Waals surface area contributed by atoms with E-state index in [4.69, 9.17) is 10.2 Å². The highest BCUT2D eigenvalue weighted by molar-refractivity contribution is 5.86. The molecule has 0 radical (unpaired) electrons. The van der Waals surface area contributed by atoms with Crippen LogP contribution in [0.25, 0.3) is 11.1 Å². The van der Waals surface area contributed by atoms with E-state index in [2.05, 4.69) is 30.9 Å². The highest BCUT2D eigenvalue weighted by Gasteiger charge is 2.14. The molecule has 8 nitrogen and oxygen atoms in total. The molecular formula is C10H11N7O. The Hall–Kier alpha value is -2.64. The number of aromatic nitrogens is 5. The third-order valence-corrected chi connectivity index (χ3v) is 2.54. The molecule has 1 atom stereocenters. The van der Waals surface area contributed by atoms with Crippen molar-refractivity contribution in [3.8, 4) is 0 Å². The van der Waals surface area contributed by atoms with Crippen LogP contribution in [0, 0.1) is 0 Å². The summed E-state index contributed by atoms with van der Waals surface area (Å²) < 4.78 is 5.53. The third-order valence-electron chi connectivity index (χ3n) is 2.54. The van der Waals surface area contributed by atoms with Gasteiger partial charge in [0.25, 0.3) is 6.01 Å². The van der Waals surface area contributed by atoms with Crippen molar-refractivity contribution in [2.24, 2.45) is 0 Å². The molecule has 0 fully saturated rings. The predicted octanol–water partition coefficient (Wildman–Crippen LogP) is 1.10. The zero-order valence-electron chi connectivity index (χ0n) is 9.58. The molecule has 2 heterocycles. The van der Waals surface area contributed by atoms with Gasteiger partial charge < -0.3 is 15.5 Å². The second-order valence-electron chi connectivity index (χ2n) is 3.85. The van der Waals surface area contributed by atoms with Crippen LogP contribution in [0.2, 0.25) is 0 Å². The number of nitrogens with one attached hydrogen (secondary N) is 2. The van der Waals surface area contributed by atoms with E-state index in [9.17, 15) is 0 Å². The van der Waals surface area contributed by atoms with E-state index in [1.165, 1.54) is 0 Å². The minimum atomic E-state index is -0.168. The number of nitrogen functional groups attached to an aromatic ring is 1. The highest BCUT2D eigenvalue weighted by Crippen LogP contribution is 2.25. The van der Waals surface area contributed by atoms with Crippen LogP contribution in [0.1, 0.15) is 18.8 Å². The number of fused-ring (bicyclic) bond motifs is 1. The maximum absolute atomic E-state index is 5.80. The van der Waals surface area contributed by atoms with Gasteiger partial charge in [-0.2, -0.15) is 10.2 Å². The molecule has 0 saturated heterocycles. The minimum absolute atomic E-state index is 0.168. The van der Waals surface area contributed by atoms with Gasteiger partial charge >= 0.3 is 0 Å². The Bertz CT molecular complexity index is 660. The van der Waals surface area contributed by atoms with Gasteiger partial charge in [-0.1, -0.05) is 11.3 Å². The summed E-state index contributed by atoms with van der Waals surface area (Å²) in [7, 11) is 0. The molecule has 1 aromatic carbocycles. The summed E-state index contributed by atoms with van der Waals surface area (Å²) >= 11 is 0. The van der Waals surface area contributed by atoms with E-state index in [1.807, 2.05) is 19.1 Å². The monoisotopic (exact) mass is 245 g/mol. The van der Waals surface area contributed by atoms with Gasteiger partial charge in [-0.05, 0) is 19.1 Å². The first-order valence-electron chi connectivity index (χ1n) is 5.39. The van der Waals surface area contributed by atoms with Crippen molar-refractivity contribution in [3.05, 3.63) is 24.0 Å². The number of anilines is 2. The maximum Gasteiger partial charge on any atom is 0.296 e. The molecule has 0 saturated carbocycles. The fraction of sp³-hybridized carbons (Fsp3) is 0.200. The molecule has 4 N–H and O–H groups in total. The lowest BCUT2D eigenvalue weighted by atomic mass is 10.3. The van der Waals surface area contributed by atoms with Crippen molar-refractivity contribution >= 4 is 22.8 Å². The first kappa shape index (κ1) is 10.5. The van der Waals surface area contributed by atoms with Gasteiger partial charge in [0.1, 0.15) is 5.52 Å². The van der Waals surface area contributed by atoms with Gasteiger partial charge in [0, 0.05) is 0 Å². The van der Waals surface area contributed by atoms with Crippen LogP contribution in [0.15, 0.2) is 22.6 Å². The lowest BCUT2D eigenvalue weighted by Gasteiger charge is -2.05. The minimum Gasteiger partial charge on any atom is -0.423 e. The average molecular weight is 245 g/mol. The summed E-state index contributed by atoms with van der Waals surface area (Å²) in [6.07, 6.45) is 0. The van der Waals surface area contributed by atoms with Gasteiger partial charge in [-0.3, -0.25) is 0 Å². The second-order valence-corrected chi connectivity index (χ2v) is 3.85. The Balaban J connectivity index is 1.89. The molecule has 3 aromatic rings. The second kappa shape index (κ2) is 3.99. The number of H-pyrrole nitrogens is 1. The van der Waals surface area contributed by atoms with Gasteiger partial charge in [-0.25, -0.2) is 0 Å². The van der Waals surface area contributed by atoms with Crippen LogP contribution >= 0.6 is 0 Å². The number of aromatic amines is 1. The molecule has 92 valence electrons. The molecule has 0 amide bonds. The fourth-order valence-corrected chi connectivity index (χ4v) is 1.63. The van der Waals surface area contributed by atoms with Gasteiger partial charge in [0.2, 0.25) is 0 Å². The Kier molecular flexibility index (Phi) is 2.33. The third kappa shape index (κ3) is 1.73. The van der Waals surface area contributed by atoms with Crippen molar-refractivity contribution in [2.45, 2.75) is 13.0 Å². The summed E-state index contributed by atoms with van der Waals surface area (Å²) in [5.41, 5.74) is 7.66.